The highest BCUT2D eigenvalue weighted by atomic mass is 79.9. The van der Waals surface area contributed by atoms with Gasteiger partial charge in [-0.15, -0.1) is 0 Å². The number of nitrogens with two attached hydrogens (primary N) is 1. The van der Waals surface area contributed by atoms with Crippen molar-refractivity contribution in [1.82, 2.24) is 4.72 Å². The fourth-order valence-corrected chi connectivity index (χ4v) is 4.40. The van der Waals surface area contributed by atoms with Crippen molar-refractivity contribution in [2.45, 2.75) is 37.5 Å². The van der Waals surface area contributed by atoms with Crippen molar-refractivity contribution in [2.75, 3.05) is 12.3 Å². The van der Waals surface area contributed by atoms with E-state index in [1.807, 2.05) is 0 Å². The molecule has 1 saturated carbocycles. The van der Waals surface area contributed by atoms with E-state index in [2.05, 4.69) is 27.6 Å². The van der Waals surface area contributed by atoms with Crippen LogP contribution in [0.3, 0.4) is 0 Å². The molecule has 1 aliphatic carbocycles. The Bertz CT molecular complexity index is 575. The molecule has 1 aromatic carbocycles. The average Bonchev–Trinajstić information content (AvgIpc) is 2.40. The Labute approximate surface area is 129 Å². The van der Waals surface area contributed by atoms with Crippen LogP contribution in [0.25, 0.3) is 0 Å². The normalized spacial score (nSPS) is 23.7. The SMILES string of the molecule is CC1CCCC(CNS(=O)(=O)c2ccc(N)c(Br)c2)C1. The summed E-state index contributed by atoms with van der Waals surface area (Å²) in [4.78, 5) is 0.252. The van der Waals surface area contributed by atoms with Crippen LogP contribution in [0.15, 0.2) is 27.6 Å². The van der Waals surface area contributed by atoms with Crippen LogP contribution in [0.5, 0.6) is 0 Å². The number of hydrogen-bond acceptors (Lipinski definition) is 3. The average molecular weight is 361 g/mol. The van der Waals surface area contributed by atoms with E-state index in [0.717, 1.165) is 12.8 Å². The molecular weight excluding hydrogens is 340 g/mol. The summed E-state index contributed by atoms with van der Waals surface area (Å²) >= 11 is 3.26. The van der Waals surface area contributed by atoms with Gasteiger partial charge in [-0.1, -0.05) is 19.8 Å². The van der Waals surface area contributed by atoms with Gasteiger partial charge < -0.3 is 5.73 Å². The Morgan fingerprint density at radius 2 is 2.15 bits per heavy atom. The van der Waals surface area contributed by atoms with Crippen molar-refractivity contribution in [3.05, 3.63) is 22.7 Å². The number of anilines is 1. The van der Waals surface area contributed by atoms with Gasteiger partial charge in [0.25, 0.3) is 0 Å². The first-order valence-electron chi connectivity index (χ1n) is 6.93. The van der Waals surface area contributed by atoms with Crippen LogP contribution in [-0.4, -0.2) is 15.0 Å². The van der Waals surface area contributed by atoms with Gasteiger partial charge in [-0.05, 0) is 58.8 Å². The predicted octanol–water partition coefficient (Wildman–Crippen LogP) is 3.14. The topological polar surface area (TPSA) is 72.2 Å². The zero-order valence-corrected chi connectivity index (χ0v) is 14.0. The number of rotatable bonds is 4. The van der Waals surface area contributed by atoms with Crippen molar-refractivity contribution >= 4 is 31.6 Å². The van der Waals surface area contributed by atoms with Gasteiger partial charge in [0.05, 0.1) is 4.90 Å². The molecule has 0 amide bonds. The van der Waals surface area contributed by atoms with Gasteiger partial charge in [-0.2, -0.15) is 0 Å². The maximum atomic E-state index is 12.2. The Morgan fingerprint density at radius 3 is 2.80 bits per heavy atom. The molecule has 0 saturated heterocycles. The van der Waals surface area contributed by atoms with Gasteiger partial charge in [-0.25, -0.2) is 13.1 Å². The van der Waals surface area contributed by atoms with Gasteiger partial charge in [0.1, 0.15) is 0 Å². The Morgan fingerprint density at radius 1 is 1.40 bits per heavy atom. The third kappa shape index (κ3) is 3.96. The van der Waals surface area contributed by atoms with E-state index in [9.17, 15) is 8.42 Å². The fourth-order valence-electron chi connectivity index (χ4n) is 2.73. The van der Waals surface area contributed by atoms with Crippen molar-refractivity contribution in [1.29, 1.82) is 0 Å². The highest BCUT2D eigenvalue weighted by Crippen LogP contribution is 2.28. The molecule has 20 heavy (non-hydrogen) atoms. The Balaban J connectivity index is 2.01. The van der Waals surface area contributed by atoms with Gasteiger partial charge in [0, 0.05) is 16.7 Å². The third-order valence-electron chi connectivity index (χ3n) is 3.89. The summed E-state index contributed by atoms with van der Waals surface area (Å²) in [7, 11) is -3.45. The Kier molecular flexibility index (Phi) is 5.09. The predicted molar refractivity (Wildman–Crippen MR) is 84.9 cm³/mol. The smallest absolute Gasteiger partial charge is 0.240 e. The van der Waals surface area contributed by atoms with E-state index in [0.29, 0.717) is 28.5 Å². The number of hydrogen-bond donors (Lipinski definition) is 2. The van der Waals surface area contributed by atoms with Gasteiger partial charge in [0.15, 0.2) is 0 Å². The minimum atomic E-state index is -3.45. The minimum Gasteiger partial charge on any atom is -0.398 e. The molecule has 112 valence electrons. The van der Waals surface area contributed by atoms with Crippen LogP contribution in [0.4, 0.5) is 5.69 Å². The van der Waals surface area contributed by atoms with Crippen LogP contribution in [-0.2, 0) is 10.0 Å². The van der Waals surface area contributed by atoms with Crippen molar-refractivity contribution in [2.24, 2.45) is 11.8 Å². The van der Waals surface area contributed by atoms with Crippen molar-refractivity contribution in [3.8, 4) is 0 Å². The standard InChI is InChI=1S/C14H21BrN2O2S/c1-10-3-2-4-11(7-10)9-17-20(18,19)12-5-6-14(16)13(15)8-12/h5-6,8,10-11,17H,2-4,7,9,16H2,1H3. The molecule has 0 heterocycles. The van der Waals surface area contributed by atoms with E-state index < -0.39 is 10.0 Å². The van der Waals surface area contributed by atoms with Gasteiger partial charge >= 0.3 is 0 Å². The lowest BCUT2D eigenvalue weighted by Crippen LogP contribution is -2.31. The second-order valence-corrected chi connectivity index (χ2v) is 8.29. The van der Waals surface area contributed by atoms with Crippen molar-refractivity contribution in [3.63, 3.8) is 0 Å². The fraction of sp³-hybridized carbons (Fsp3) is 0.571. The number of nitrogen functional groups attached to an aromatic ring is 1. The number of halogens is 1. The summed E-state index contributed by atoms with van der Waals surface area (Å²) in [6.07, 6.45) is 4.67. The van der Waals surface area contributed by atoms with Crippen molar-refractivity contribution < 1.29 is 8.42 Å². The van der Waals surface area contributed by atoms with E-state index in [1.54, 1.807) is 12.1 Å². The minimum absolute atomic E-state index is 0.252. The second kappa shape index (κ2) is 6.45. The molecule has 1 fully saturated rings. The molecule has 1 aromatic rings. The van der Waals surface area contributed by atoms with E-state index in [4.69, 9.17) is 5.73 Å². The first-order chi connectivity index (χ1) is 9.38. The number of sulfonamides is 1. The van der Waals surface area contributed by atoms with E-state index in [1.165, 1.54) is 18.9 Å². The highest BCUT2D eigenvalue weighted by molar-refractivity contribution is 9.10. The first kappa shape index (κ1) is 15.8. The molecule has 0 spiro atoms. The molecule has 6 heteroatoms. The molecule has 2 unspecified atom stereocenters. The molecule has 3 N–H and O–H groups in total. The van der Waals surface area contributed by atoms with Crippen LogP contribution in [0, 0.1) is 11.8 Å². The molecule has 0 aromatic heterocycles. The number of benzene rings is 1. The number of nitrogens with one attached hydrogen (secondary N) is 1. The summed E-state index contributed by atoms with van der Waals surface area (Å²) < 4.78 is 27.8. The van der Waals surface area contributed by atoms with Gasteiger partial charge in [0.2, 0.25) is 10.0 Å². The summed E-state index contributed by atoms with van der Waals surface area (Å²) in [6.45, 7) is 2.76. The molecule has 0 aliphatic heterocycles. The van der Waals surface area contributed by atoms with Crippen LogP contribution < -0.4 is 10.5 Å². The quantitative estimate of drug-likeness (QED) is 0.810. The lowest BCUT2D eigenvalue weighted by atomic mass is 9.83. The molecule has 0 bridgehead atoms. The lowest BCUT2D eigenvalue weighted by molar-refractivity contribution is 0.283. The molecule has 0 radical (unpaired) electrons. The van der Waals surface area contributed by atoms with Gasteiger partial charge in [-0.3, -0.25) is 0 Å². The van der Waals surface area contributed by atoms with E-state index >= 15 is 0 Å². The highest BCUT2D eigenvalue weighted by Gasteiger charge is 2.22. The van der Waals surface area contributed by atoms with Crippen LogP contribution in [0.1, 0.15) is 32.6 Å². The summed E-state index contributed by atoms with van der Waals surface area (Å²) in [6, 6.07) is 4.68. The summed E-state index contributed by atoms with van der Waals surface area (Å²) in [5, 5.41) is 0. The largest absolute Gasteiger partial charge is 0.398 e. The molecule has 4 nitrogen and oxygen atoms in total. The van der Waals surface area contributed by atoms with Crippen LogP contribution in [0.2, 0.25) is 0 Å². The second-order valence-electron chi connectivity index (χ2n) is 5.67. The third-order valence-corrected chi connectivity index (χ3v) is 6.00. The zero-order chi connectivity index (χ0) is 14.8. The summed E-state index contributed by atoms with van der Waals surface area (Å²) in [5.74, 6) is 1.15. The monoisotopic (exact) mass is 360 g/mol. The molecule has 2 rings (SSSR count). The first-order valence-corrected chi connectivity index (χ1v) is 9.21. The maximum absolute atomic E-state index is 12.2. The molecular formula is C14H21BrN2O2S. The van der Waals surface area contributed by atoms with Crippen LogP contribution >= 0.6 is 15.9 Å². The van der Waals surface area contributed by atoms with E-state index in [-0.39, 0.29) is 4.90 Å². The molecule has 1 aliphatic rings. The molecule has 2 atom stereocenters. The Hall–Kier alpha value is -0.590. The maximum Gasteiger partial charge on any atom is 0.240 e. The zero-order valence-electron chi connectivity index (χ0n) is 11.6. The lowest BCUT2D eigenvalue weighted by Gasteiger charge is -2.26. The summed E-state index contributed by atoms with van der Waals surface area (Å²) in [5.41, 5.74) is 6.21.